The minimum Gasteiger partial charge on any atom is -0.462 e. The molecule has 1 heterocycles. The van der Waals surface area contributed by atoms with Gasteiger partial charge in [0.25, 0.3) is 0 Å². The summed E-state index contributed by atoms with van der Waals surface area (Å²) in [7, 11) is 3.69. The number of carbonyl (C=O) groups excluding carboxylic acids is 1. The van der Waals surface area contributed by atoms with E-state index in [1.165, 1.54) is 0 Å². The van der Waals surface area contributed by atoms with E-state index in [9.17, 15) is 4.79 Å². The van der Waals surface area contributed by atoms with Gasteiger partial charge in [0.1, 0.15) is 5.15 Å². The molecule has 1 aromatic heterocycles. The Kier molecular flexibility index (Phi) is 5.16. The Morgan fingerprint density at radius 3 is 2.72 bits per heavy atom. The Hall–Kier alpha value is -1.55. The maximum absolute atomic E-state index is 11.9. The second-order valence-corrected chi connectivity index (χ2v) is 4.42. The SMILES string of the molecule is CCOC(=O)/C(=C\N(C)C)c1cnc(Cl)c(C)c1. The Bertz CT molecular complexity index is 470. The van der Waals surface area contributed by atoms with Gasteiger partial charge in [-0.1, -0.05) is 11.6 Å². The van der Waals surface area contributed by atoms with E-state index in [2.05, 4.69) is 4.98 Å². The van der Waals surface area contributed by atoms with Gasteiger partial charge in [0.15, 0.2) is 0 Å². The maximum Gasteiger partial charge on any atom is 0.340 e. The number of pyridine rings is 1. The number of rotatable bonds is 4. The number of aryl methyl sites for hydroxylation is 1. The van der Waals surface area contributed by atoms with Gasteiger partial charge in [0, 0.05) is 32.1 Å². The van der Waals surface area contributed by atoms with Crippen molar-refractivity contribution in [2.75, 3.05) is 20.7 Å². The molecule has 0 fully saturated rings. The molecule has 0 saturated carbocycles. The van der Waals surface area contributed by atoms with Gasteiger partial charge in [-0.2, -0.15) is 0 Å². The smallest absolute Gasteiger partial charge is 0.340 e. The van der Waals surface area contributed by atoms with Crippen LogP contribution in [0.3, 0.4) is 0 Å². The predicted octanol–water partition coefficient (Wildman–Crippen LogP) is 2.51. The summed E-state index contributed by atoms with van der Waals surface area (Å²) >= 11 is 5.87. The highest BCUT2D eigenvalue weighted by Gasteiger charge is 2.15. The van der Waals surface area contributed by atoms with E-state index in [0.29, 0.717) is 22.9 Å². The number of halogens is 1. The van der Waals surface area contributed by atoms with Gasteiger partial charge in [-0.15, -0.1) is 0 Å². The van der Waals surface area contributed by atoms with Crippen LogP contribution in [-0.4, -0.2) is 36.6 Å². The summed E-state index contributed by atoms with van der Waals surface area (Å²) in [5, 5.41) is 0.437. The molecule has 0 aromatic carbocycles. The first-order valence-electron chi connectivity index (χ1n) is 5.63. The zero-order valence-electron chi connectivity index (χ0n) is 11.0. The Labute approximate surface area is 112 Å². The lowest BCUT2D eigenvalue weighted by atomic mass is 10.1. The van der Waals surface area contributed by atoms with Crippen molar-refractivity contribution in [3.63, 3.8) is 0 Å². The summed E-state index contributed by atoms with van der Waals surface area (Å²) in [6, 6.07) is 1.82. The van der Waals surface area contributed by atoms with Crippen LogP contribution in [0.1, 0.15) is 18.1 Å². The number of hydrogen-bond acceptors (Lipinski definition) is 4. The number of esters is 1. The first kappa shape index (κ1) is 14.5. The number of ether oxygens (including phenoxy) is 1. The fourth-order valence-electron chi connectivity index (χ4n) is 1.42. The molecular formula is C13H17ClN2O2. The van der Waals surface area contributed by atoms with Crippen LogP contribution in [0.25, 0.3) is 5.57 Å². The van der Waals surface area contributed by atoms with Gasteiger partial charge in [-0.25, -0.2) is 9.78 Å². The molecule has 0 saturated heterocycles. The van der Waals surface area contributed by atoms with Crippen LogP contribution in [0, 0.1) is 6.92 Å². The van der Waals surface area contributed by atoms with Gasteiger partial charge < -0.3 is 9.64 Å². The zero-order chi connectivity index (χ0) is 13.7. The highest BCUT2D eigenvalue weighted by Crippen LogP contribution is 2.20. The van der Waals surface area contributed by atoms with Crippen molar-refractivity contribution in [1.29, 1.82) is 0 Å². The van der Waals surface area contributed by atoms with Crippen LogP contribution >= 0.6 is 11.6 Å². The topological polar surface area (TPSA) is 42.4 Å². The summed E-state index contributed by atoms with van der Waals surface area (Å²) in [5.74, 6) is -0.366. The number of aromatic nitrogens is 1. The van der Waals surface area contributed by atoms with Crippen LogP contribution in [0.2, 0.25) is 5.15 Å². The molecule has 0 atom stereocenters. The van der Waals surface area contributed by atoms with Gasteiger partial charge in [0.05, 0.1) is 12.2 Å². The summed E-state index contributed by atoms with van der Waals surface area (Å²) in [6.45, 7) is 3.96. The molecule has 18 heavy (non-hydrogen) atoms. The van der Waals surface area contributed by atoms with Crippen LogP contribution in [0.5, 0.6) is 0 Å². The second-order valence-electron chi connectivity index (χ2n) is 4.06. The third kappa shape index (κ3) is 3.74. The molecule has 0 N–H and O–H groups in total. The first-order valence-corrected chi connectivity index (χ1v) is 6.01. The molecule has 0 aliphatic heterocycles. The van der Waals surface area contributed by atoms with Crippen molar-refractivity contribution in [1.82, 2.24) is 9.88 Å². The fourth-order valence-corrected chi connectivity index (χ4v) is 1.52. The average Bonchev–Trinajstić information content (AvgIpc) is 2.30. The number of nitrogens with zero attached hydrogens (tertiary/aromatic N) is 2. The minimum absolute atomic E-state index is 0.337. The summed E-state index contributed by atoms with van der Waals surface area (Å²) < 4.78 is 5.03. The van der Waals surface area contributed by atoms with Crippen molar-refractivity contribution in [3.05, 3.63) is 34.7 Å². The second kappa shape index (κ2) is 6.40. The lowest BCUT2D eigenvalue weighted by molar-refractivity contribution is -0.136. The summed E-state index contributed by atoms with van der Waals surface area (Å²) in [5.41, 5.74) is 1.99. The molecule has 0 amide bonds. The molecular weight excluding hydrogens is 252 g/mol. The Balaban J connectivity index is 3.18. The zero-order valence-corrected chi connectivity index (χ0v) is 11.8. The van der Waals surface area contributed by atoms with Crippen LogP contribution in [-0.2, 0) is 9.53 Å². The van der Waals surface area contributed by atoms with Crippen molar-refractivity contribution >= 4 is 23.1 Å². The molecule has 4 nitrogen and oxygen atoms in total. The average molecular weight is 269 g/mol. The van der Waals surface area contributed by atoms with Crippen molar-refractivity contribution in [2.45, 2.75) is 13.8 Å². The largest absolute Gasteiger partial charge is 0.462 e. The van der Waals surface area contributed by atoms with E-state index >= 15 is 0 Å². The molecule has 0 aliphatic carbocycles. The third-order valence-corrected chi connectivity index (χ3v) is 2.60. The number of carbonyl (C=O) groups is 1. The molecule has 0 radical (unpaired) electrons. The Morgan fingerprint density at radius 1 is 1.56 bits per heavy atom. The van der Waals surface area contributed by atoms with E-state index in [4.69, 9.17) is 16.3 Å². The molecule has 0 unspecified atom stereocenters. The maximum atomic E-state index is 11.9. The van der Waals surface area contributed by atoms with Gasteiger partial charge >= 0.3 is 5.97 Å². The third-order valence-electron chi connectivity index (χ3n) is 2.21. The van der Waals surface area contributed by atoms with Crippen LogP contribution in [0.15, 0.2) is 18.5 Å². The molecule has 1 rings (SSSR count). The minimum atomic E-state index is -0.366. The van der Waals surface area contributed by atoms with E-state index in [0.717, 1.165) is 5.56 Å². The highest BCUT2D eigenvalue weighted by atomic mass is 35.5. The van der Waals surface area contributed by atoms with Gasteiger partial charge in [-0.3, -0.25) is 0 Å². The van der Waals surface area contributed by atoms with Gasteiger partial charge in [0.2, 0.25) is 0 Å². The van der Waals surface area contributed by atoms with Crippen molar-refractivity contribution in [3.8, 4) is 0 Å². The van der Waals surface area contributed by atoms with E-state index in [-0.39, 0.29) is 5.97 Å². The molecule has 0 spiro atoms. The standard InChI is InChI=1S/C13H17ClN2O2/c1-5-18-13(17)11(8-16(3)4)10-6-9(2)12(14)15-7-10/h6-8H,5H2,1-4H3/b11-8-. The monoisotopic (exact) mass is 268 g/mol. The van der Waals surface area contributed by atoms with Crippen molar-refractivity contribution < 1.29 is 9.53 Å². The lowest BCUT2D eigenvalue weighted by Crippen LogP contribution is -2.12. The predicted molar refractivity (Wildman–Crippen MR) is 72.3 cm³/mol. The molecule has 0 aliphatic rings. The normalized spacial score (nSPS) is 11.3. The van der Waals surface area contributed by atoms with E-state index in [1.807, 2.05) is 27.1 Å². The Morgan fingerprint density at radius 2 is 2.22 bits per heavy atom. The lowest BCUT2D eigenvalue weighted by Gasteiger charge is -2.12. The summed E-state index contributed by atoms with van der Waals surface area (Å²) in [6.07, 6.45) is 3.28. The van der Waals surface area contributed by atoms with Crippen LogP contribution in [0.4, 0.5) is 0 Å². The first-order chi connectivity index (χ1) is 8.45. The van der Waals surface area contributed by atoms with Gasteiger partial charge in [-0.05, 0) is 25.5 Å². The quantitative estimate of drug-likeness (QED) is 0.478. The van der Waals surface area contributed by atoms with Crippen LogP contribution < -0.4 is 0 Å². The highest BCUT2D eigenvalue weighted by molar-refractivity contribution is 6.30. The molecule has 0 bridgehead atoms. The molecule has 5 heteroatoms. The fraction of sp³-hybridized carbons (Fsp3) is 0.385. The van der Waals surface area contributed by atoms with Crippen molar-refractivity contribution in [2.24, 2.45) is 0 Å². The molecule has 98 valence electrons. The van der Waals surface area contributed by atoms with E-state index < -0.39 is 0 Å². The molecule has 1 aromatic rings. The number of hydrogen-bond donors (Lipinski definition) is 0. The van der Waals surface area contributed by atoms with E-state index in [1.54, 1.807) is 24.2 Å². The summed E-state index contributed by atoms with van der Waals surface area (Å²) in [4.78, 5) is 17.7.